The molecule has 0 spiro atoms. The number of rotatable bonds is 5. The molecule has 0 heterocycles. The zero-order chi connectivity index (χ0) is 9.98. The van der Waals surface area contributed by atoms with Gasteiger partial charge in [0.05, 0.1) is 0 Å². The van der Waals surface area contributed by atoms with Gasteiger partial charge >= 0.3 is 0 Å². The standard InChI is InChI=1S/C9H21N.C2H6/c1-5-6-7-9(2)8-10(3)4;1-2/h9H,5-8H2,1-4H3;1-2H3. The van der Waals surface area contributed by atoms with Crippen LogP contribution in [0.1, 0.15) is 47.0 Å². The zero-order valence-corrected chi connectivity index (χ0v) is 9.85. The quantitative estimate of drug-likeness (QED) is 0.616. The molecule has 0 rings (SSSR count). The normalized spacial score (nSPS) is 12.2. The molecule has 0 amide bonds. The maximum Gasteiger partial charge on any atom is 0.0000919 e. The molecule has 76 valence electrons. The lowest BCUT2D eigenvalue weighted by Crippen LogP contribution is -2.19. The minimum atomic E-state index is 0.870. The molecule has 0 saturated carbocycles. The van der Waals surface area contributed by atoms with E-state index in [1.807, 2.05) is 13.8 Å². The molecule has 0 bridgehead atoms. The first-order chi connectivity index (χ1) is 5.66. The van der Waals surface area contributed by atoms with Crippen LogP contribution in [0.2, 0.25) is 0 Å². The molecule has 0 aliphatic rings. The second kappa shape index (κ2) is 11.0. The van der Waals surface area contributed by atoms with E-state index in [0.717, 1.165) is 5.92 Å². The lowest BCUT2D eigenvalue weighted by Gasteiger charge is -2.15. The van der Waals surface area contributed by atoms with Crippen LogP contribution >= 0.6 is 0 Å². The minimum Gasteiger partial charge on any atom is -0.309 e. The molecule has 0 saturated heterocycles. The fraction of sp³-hybridized carbons (Fsp3) is 1.00. The Kier molecular flexibility index (Phi) is 13.2. The summed E-state index contributed by atoms with van der Waals surface area (Å²) in [6, 6.07) is 0. The van der Waals surface area contributed by atoms with Crippen LogP contribution in [0.25, 0.3) is 0 Å². The first-order valence-electron chi connectivity index (χ1n) is 5.31. The Morgan fingerprint density at radius 1 is 1.17 bits per heavy atom. The van der Waals surface area contributed by atoms with Crippen molar-refractivity contribution in [2.24, 2.45) is 5.92 Å². The summed E-state index contributed by atoms with van der Waals surface area (Å²) in [5.41, 5.74) is 0. The third-order valence-electron chi connectivity index (χ3n) is 1.73. The van der Waals surface area contributed by atoms with Crippen LogP contribution in [-0.4, -0.2) is 25.5 Å². The average Bonchev–Trinajstić information content (AvgIpc) is 2.03. The topological polar surface area (TPSA) is 3.24 Å². The van der Waals surface area contributed by atoms with Crippen LogP contribution in [0.3, 0.4) is 0 Å². The summed E-state index contributed by atoms with van der Waals surface area (Å²) in [6.07, 6.45) is 4.10. The monoisotopic (exact) mass is 173 g/mol. The number of hydrogen-bond donors (Lipinski definition) is 0. The van der Waals surface area contributed by atoms with Crippen LogP contribution in [0.4, 0.5) is 0 Å². The maximum atomic E-state index is 2.33. The molecular formula is C11H27N. The van der Waals surface area contributed by atoms with E-state index in [4.69, 9.17) is 0 Å². The summed E-state index contributed by atoms with van der Waals surface area (Å²) in [6.45, 7) is 9.82. The van der Waals surface area contributed by atoms with Crippen molar-refractivity contribution in [3.63, 3.8) is 0 Å². The van der Waals surface area contributed by atoms with Crippen molar-refractivity contribution in [2.75, 3.05) is 20.6 Å². The third kappa shape index (κ3) is 12.6. The molecular weight excluding hydrogens is 146 g/mol. The van der Waals surface area contributed by atoms with E-state index in [0.29, 0.717) is 0 Å². The Morgan fingerprint density at radius 2 is 1.67 bits per heavy atom. The van der Waals surface area contributed by atoms with E-state index < -0.39 is 0 Å². The summed E-state index contributed by atoms with van der Waals surface area (Å²) in [5, 5.41) is 0. The largest absolute Gasteiger partial charge is 0.309 e. The van der Waals surface area contributed by atoms with Gasteiger partial charge in [-0.15, -0.1) is 0 Å². The Labute approximate surface area is 79.2 Å². The fourth-order valence-electron chi connectivity index (χ4n) is 1.27. The molecule has 0 N–H and O–H groups in total. The van der Waals surface area contributed by atoms with E-state index in [2.05, 4.69) is 32.8 Å². The second-order valence-electron chi connectivity index (χ2n) is 3.51. The van der Waals surface area contributed by atoms with Crippen molar-refractivity contribution < 1.29 is 0 Å². The highest BCUT2D eigenvalue weighted by atomic mass is 15.1. The Bertz CT molecular complexity index is 69.4. The minimum absolute atomic E-state index is 0.870. The first kappa shape index (κ1) is 14.5. The molecule has 1 unspecified atom stereocenters. The molecule has 0 aromatic carbocycles. The molecule has 0 fully saturated rings. The average molecular weight is 173 g/mol. The highest BCUT2D eigenvalue weighted by Crippen LogP contribution is 2.07. The van der Waals surface area contributed by atoms with Crippen molar-refractivity contribution in [1.29, 1.82) is 0 Å². The van der Waals surface area contributed by atoms with Gasteiger partial charge in [-0.1, -0.05) is 40.5 Å². The predicted octanol–water partition coefficient (Wildman–Crippen LogP) is 3.40. The van der Waals surface area contributed by atoms with Gasteiger partial charge in [0.15, 0.2) is 0 Å². The molecule has 0 aromatic rings. The van der Waals surface area contributed by atoms with E-state index in [9.17, 15) is 0 Å². The molecule has 12 heavy (non-hydrogen) atoms. The van der Waals surface area contributed by atoms with Gasteiger partial charge in [0.1, 0.15) is 0 Å². The van der Waals surface area contributed by atoms with Gasteiger partial charge in [-0.25, -0.2) is 0 Å². The Hall–Kier alpha value is -0.0400. The van der Waals surface area contributed by atoms with Crippen molar-refractivity contribution >= 4 is 0 Å². The third-order valence-corrected chi connectivity index (χ3v) is 1.73. The van der Waals surface area contributed by atoms with Crippen molar-refractivity contribution in [1.82, 2.24) is 4.90 Å². The van der Waals surface area contributed by atoms with E-state index >= 15 is 0 Å². The summed E-state index contributed by atoms with van der Waals surface area (Å²) < 4.78 is 0. The summed E-state index contributed by atoms with van der Waals surface area (Å²) in [7, 11) is 4.28. The van der Waals surface area contributed by atoms with E-state index in [1.165, 1.54) is 25.8 Å². The Balaban J connectivity index is 0. The maximum absolute atomic E-state index is 2.33. The van der Waals surface area contributed by atoms with Crippen molar-refractivity contribution in [3.8, 4) is 0 Å². The predicted molar refractivity (Wildman–Crippen MR) is 58.6 cm³/mol. The lowest BCUT2D eigenvalue weighted by molar-refractivity contribution is 0.323. The van der Waals surface area contributed by atoms with Crippen LogP contribution in [0.15, 0.2) is 0 Å². The first-order valence-corrected chi connectivity index (χ1v) is 5.31. The van der Waals surface area contributed by atoms with Gasteiger partial charge in [0.25, 0.3) is 0 Å². The Morgan fingerprint density at radius 3 is 2.00 bits per heavy atom. The molecule has 0 radical (unpaired) electrons. The van der Waals surface area contributed by atoms with Crippen molar-refractivity contribution in [3.05, 3.63) is 0 Å². The fourth-order valence-corrected chi connectivity index (χ4v) is 1.27. The van der Waals surface area contributed by atoms with Gasteiger partial charge < -0.3 is 4.90 Å². The number of unbranched alkanes of at least 4 members (excludes halogenated alkanes) is 1. The highest BCUT2D eigenvalue weighted by Gasteiger charge is 2.01. The lowest BCUT2D eigenvalue weighted by atomic mass is 10.0. The summed E-state index contributed by atoms with van der Waals surface area (Å²) >= 11 is 0. The van der Waals surface area contributed by atoms with Crippen LogP contribution < -0.4 is 0 Å². The molecule has 1 atom stereocenters. The van der Waals surface area contributed by atoms with Gasteiger partial charge in [-0.05, 0) is 26.4 Å². The summed E-state index contributed by atoms with van der Waals surface area (Å²) in [4.78, 5) is 2.26. The highest BCUT2D eigenvalue weighted by molar-refractivity contribution is 4.55. The van der Waals surface area contributed by atoms with Crippen LogP contribution in [0, 0.1) is 5.92 Å². The summed E-state index contributed by atoms with van der Waals surface area (Å²) in [5.74, 6) is 0.870. The molecule has 0 aliphatic carbocycles. The van der Waals surface area contributed by atoms with Crippen LogP contribution in [-0.2, 0) is 0 Å². The van der Waals surface area contributed by atoms with Gasteiger partial charge in [0, 0.05) is 6.54 Å². The zero-order valence-electron chi connectivity index (χ0n) is 9.85. The van der Waals surface area contributed by atoms with Crippen molar-refractivity contribution in [2.45, 2.75) is 47.0 Å². The number of hydrogen-bond acceptors (Lipinski definition) is 1. The van der Waals surface area contributed by atoms with Crippen LogP contribution in [0.5, 0.6) is 0 Å². The van der Waals surface area contributed by atoms with E-state index in [-0.39, 0.29) is 0 Å². The van der Waals surface area contributed by atoms with Gasteiger partial charge in [-0.2, -0.15) is 0 Å². The number of nitrogens with zero attached hydrogens (tertiary/aromatic N) is 1. The molecule has 0 aliphatic heterocycles. The molecule has 0 aromatic heterocycles. The smallest absolute Gasteiger partial charge is 0.0000919 e. The van der Waals surface area contributed by atoms with Gasteiger partial charge in [-0.3, -0.25) is 0 Å². The van der Waals surface area contributed by atoms with E-state index in [1.54, 1.807) is 0 Å². The van der Waals surface area contributed by atoms with Gasteiger partial charge in [0.2, 0.25) is 0 Å². The second-order valence-corrected chi connectivity index (χ2v) is 3.51. The molecule has 1 heteroatoms. The SMILES string of the molecule is CC.CCCCC(C)CN(C)C. The molecule has 1 nitrogen and oxygen atoms in total.